The summed E-state index contributed by atoms with van der Waals surface area (Å²) in [6.07, 6.45) is 1.59. The normalized spacial score (nSPS) is 14.8. The predicted molar refractivity (Wildman–Crippen MR) is 123 cm³/mol. The molecular weight excluding hydrogens is 464 g/mol. The third-order valence-electron chi connectivity index (χ3n) is 5.09. The number of hydrogen-bond donors (Lipinski definition) is 0. The lowest BCUT2D eigenvalue weighted by molar-refractivity contribution is -0.150. The van der Waals surface area contributed by atoms with Crippen LogP contribution in [0.4, 0.5) is 0 Å². The Labute approximate surface area is 195 Å². The lowest BCUT2D eigenvalue weighted by Gasteiger charge is -2.33. The Balaban J connectivity index is 1.22. The van der Waals surface area contributed by atoms with Crippen molar-refractivity contribution in [1.82, 2.24) is 19.2 Å². The standard InChI is InChI=1S/C22H22N4O5S2/c27-21(25-10-12-26(13-11-25)33(29,30)17-6-2-1-3-7-17)15-31-22(28)16-32-20-14-23-18-8-4-5-9-19(18)24-20/h1-9,14H,10-13,15-16H2. The highest BCUT2D eigenvalue weighted by Crippen LogP contribution is 2.19. The van der Waals surface area contributed by atoms with Crippen molar-refractivity contribution in [3.8, 4) is 0 Å². The fraction of sp³-hybridized carbons (Fsp3) is 0.273. The van der Waals surface area contributed by atoms with Gasteiger partial charge in [0, 0.05) is 26.2 Å². The molecule has 4 rings (SSSR count). The summed E-state index contributed by atoms with van der Waals surface area (Å²) in [6.45, 7) is 0.475. The molecule has 11 heteroatoms. The molecule has 0 bridgehead atoms. The van der Waals surface area contributed by atoms with Gasteiger partial charge in [-0.3, -0.25) is 14.6 Å². The van der Waals surface area contributed by atoms with Crippen LogP contribution in [-0.2, 0) is 24.3 Å². The minimum atomic E-state index is -3.59. The first-order valence-corrected chi connectivity index (χ1v) is 12.7. The summed E-state index contributed by atoms with van der Waals surface area (Å²) in [6, 6.07) is 15.6. The minimum absolute atomic E-state index is 0.00337. The van der Waals surface area contributed by atoms with E-state index in [2.05, 4.69) is 9.97 Å². The van der Waals surface area contributed by atoms with Crippen molar-refractivity contribution >= 4 is 44.7 Å². The molecule has 33 heavy (non-hydrogen) atoms. The molecule has 0 aliphatic carbocycles. The minimum Gasteiger partial charge on any atom is -0.455 e. The van der Waals surface area contributed by atoms with Gasteiger partial charge in [-0.1, -0.05) is 42.1 Å². The Bertz CT molecular complexity index is 1250. The molecule has 0 unspecified atom stereocenters. The van der Waals surface area contributed by atoms with Gasteiger partial charge in [0.05, 0.1) is 27.9 Å². The van der Waals surface area contributed by atoms with Gasteiger partial charge in [-0.05, 0) is 24.3 Å². The zero-order valence-corrected chi connectivity index (χ0v) is 19.3. The number of carbonyl (C=O) groups excluding carboxylic acids is 2. The number of amides is 1. The van der Waals surface area contributed by atoms with Crippen LogP contribution in [0.3, 0.4) is 0 Å². The number of ether oxygens (including phenoxy) is 1. The summed E-state index contributed by atoms with van der Waals surface area (Å²) < 4.78 is 31.8. The van der Waals surface area contributed by atoms with Crippen molar-refractivity contribution < 1.29 is 22.7 Å². The van der Waals surface area contributed by atoms with Gasteiger partial charge >= 0.3 is 5.97 Å². The zero-order valence-electron chi connectivity index (χ0n) is 17.7. The molecule has 1 fully saturated rings. The van der Waals surface area contributed by atoms with E-state index in [9.17, 15) is 18.0 Å². The summed E-state index contributed by atoms with van der Waals surface area (Å²) >= 11 is 1.19. The van der Waals surface area contributed by atoms with Crippen LogP contribution >= 0.6 is 11.8 Å². The van der Waals surface area contributed by atoms with E-state index in [1.165, 1.54) is 21.0 Å². The second kappa shape index (κ2) is 10.3. The first-order chi connectivity index (χ1) is 15.9. The van der Waals surface area contributed by atoms with E-state index in [1.54, 1.807) is 36.5 Å². The van der Waals surface area contributed by atoms with Gasteiger partial charge in [-0.2, -0.15) is 4.31 Å². The highest BCUT2D eigenvalue weighted by molar-refractivity contribution is 7.99. The zero-order chi connectivity index (χ0) is 23.3. The molecule has 1 aromatic heterocycles. The maximum absolute atomic E-state index is 12.7. The third kappa shape index (κ3) is 5.67. The Morgan fingerprint density at radius 1 is 0.939 bits per heavy atom. The average molecular weight is 487 g/mol. The molecule has 3 aromatic rings. The van der Waals surface area contributed by atoms with Crippen molar-refractivity contribution in [2.45, 2.75) is 9.92 Å². The molecule has 2 aromatic carbocycles. The summed E-state index contributed by atoms with van der Waals surface area (Å²) in [7, 11) is -3.59. The lowest BCUT2D eigenvalue weighted by Crippen LogP contribution is -2.51. The van der Waals surface area contributed by atoms with Crippen LogP contribution < -0.4 is 0 Å². The smallest absolute Gasteiger partial charge is 0.316 e. The topological polar surface area (TPSA) is 110 Å². The first-order valence-electron chi connectivity index (χ1n) is 10.3. The van der Waals surface area contributed by atoms with Gasteiger partial charge in [0.2, 0.25) is 10.0 Å². The Morgan fingerprint density at radius 2 is 1.61 bits per heavy atom. The van der Waals surface area contributed by atoms with Crippen LogP contribution in [0.1, 0.15) is 0 Å². The maximum Gasteiger partial charge on any atom is 0.316 e. The lowest BCUT2D eigenvalue weighted by atomic mass is 10.3. The Hall–Kier alpha value is -3.02. The predicted octanol–water partition coefficient (Wildman–Crippen LogP) is 1.80. The number of piperazine rings is 1. The van der Waals surface area contributed by atoms with Crippen LogP contribution in [0, 0.1) is 0 Å². The molecule has 1 saturated heterocycles. The number of rotatable bonds is 7. The number of thioether (sulfide) groups is 1. The highest BCUT2D eigenvalue weighted by atomic mass is 32.2. The SMILES string of the molecule is O=C(CSc1cnc2ccccc2n1)OCC(=O)N1CCN(S(=O)(=O)c2ccccc2)CC1. The van der Waals surface area contributed by atoms with Crippen LogP contribution in [0.5, 0.6) is 0 Å². The monoisotopic (exact) mass is 486 g/mol. The molecule has 9 nitrogen and oxygen atoms in total. The van der Waals surface area contributed by atoms with Crippen LogP contribution in [0.15, 0.2) is 70.7 Å². The van der Waals surface area contributed by atoms with Crippen LogP contribution in [0.2, 0.25) is 0 Å². The van der Waals surface area contributed by atoms with E-state index in [0.29, 0.717) is 5.03 Å². The Morgan fingerprint density at radius 3 is 2.33 bits per heavy atom. The van der Waals surface area contributed by atoms with Crippen molar-refractivity contribution in [1.29, 1.82) is 0 Å². The molecule has 0 saturated carbocycles. The molecule has 0 atom stereocenters. The molecular formula is C22H22N4O5S2. The number of nitrogens with zero attached hydrogens (tertiary/aromatic N) is 4. The van der Waals surface area contributed by atoms with E-state index in [4.69, 9.17) is 4.74 Å². The number of benzene rings is 2. The average Bonchev–Trinajstić information content (AvgIpc) is 2.86. The number of esters is 1. The number of carbonyl (C=O) groups is 2. The van der Waals surface area contributed by atoms with Crippen molar-refractivity contribution in [3.63, 3.8) is 0 Å². The van der Waals surface area contributed by atoms with Gasteiger partial charge in [0.15, 0.2) is 6.61 Å². The summed E-state index contributed by atoms with van der Waals surface area (Å²) in [5.41, 5.74) is 1.51. The van der Waals surface area contributed by atoms with Gasteiger partial charge in [-0.15, -0.1) is 0 Å². The molecule has 2 heterocycles. The first kappa shape index (κ1) is 23.1. The molecule has 1 aliphatic heterocycles. The third-order valence-corrected chi connectivity index (χ3v) is 7.88. The van der Waals surface area contributed by atoms with Crippen LogP contribution in [0.25, 0.3) is 11.0 Å². The summed E-state index contributed by atoms with van der Waals surface area (Å²) in [4.78, 5) is 34.9. The van der Waals surface area contributed by atoms with Gasteiger partial charge < -0.3 is 9.64 Å². The number of para-hydroxylation sites is 2. The largest absolute Gasteiger partial charge is 0.455 e. The maximum atomic E-state index is 12.7. The van der Waals surface area contributed by atoms with Gasteiger partial charge in [-0.25, -0.2) is 13.4 Å². The van der Waals surface area contributed by atoms with Crippen molar-refractivity contribution in [3.05, 3.63) is 60.8 Å². The van der Waals surface area contributed by atoms with Gasteiger partial charge in [0.1, 0.15) is 5.03 Å². The molecule has 0 spiro atoms. The molecule has 0 N–H and O–H groups in total. The number of fused-ring (bicyclic) bond motifs is 1. The van der Waals surface area contributed by atoms with E-state index < -0.39 is 16.0 Å². The van der Waals surface area contributed by atoms with Crippen molar-refractivity contribution in [2.75, 3.05) is 38.5 Å². The van der Waals surface area contributed by atoms with E-state index >= 15 is 0 Å². The van der Waals surface area contributed by atoms with Crippen LogP contribution in [-0.4, -0.2) is 78.0 Å². The second-order valence-electron chi connectivity index (χ2n) is 7.24. The Kier molecular flexibility index (Phi) is 7.21. The number of hydrogen-bond acceptors (Lipinski definition) is 8. The summed E-state index contributed by atoms with van der Waals surface area (Å²) in [5.74, 6) is -0.882. The highest BCUT2D eigenvalue weighted by Gasteiger charge is 2.30. The van der Waals surface area contributed by atoms with E-state index in [0.717, 1.165) is 11.0 Å². The molecule has 0 radical (unpaired) electrons. The van der Waals surface area contributed by atoms with E-state index in [1.807, 2.05) is 24.3 Å². The summed E-state index contributed by atoms with van der Waals surface area (Å²) in [5, 5.41) is 0.590. The fourth-order valence-electron chi connectivity index (χ4n) is 3.34. The second-order valence-corrected chi connectivity index (χ2v) is 10.2. The number of sulfonamides is 1. The van der Waals surface area contributed by atoms with E-state index in [-0.39, 0.29) is 49.3 Å². The van der Waals surface area contributed by atoms with Gasteiger partial charge in [0.25, 0.3) is 5.91 Å². The quantitative estimate of drug-likeness (QED) is 0.367. The van der Waals surface area contributed by atoms with Crippen molar-refractivity contribution in [2.24, 2.45) is 0 Å². The fourth-order valence-corrected chi connectivity index (χ4v) is 5.42. The molecule has 1 aliphatic rings. The molecule has 172 valence electrons. The number of aromatic nitrogens is 2. The molecule has 1 amide bonds.